The van der Waals surface area contributed by atoms with Gasteiger partial charge in [0.2, 0.25) is 10.0 Å². The molecule has 1 saturated heterocycles. The van der Waals surface area contributed by atoms with Gasteiger partial charge in [0, 0.05) is 6.04 Å². The number of aryl methyl sites for hydroxylation is 1. The molecule has 3 nitrogen and oxygen atoms in total. The van der Waals surface area contributed by atoms with Gasteiger partial charge in [-0.1, -0.05) is 30.5 Å². The fraction of sp³-hybridized carbons (Fsp3) is 0.571. The molecule has 1 aromatic rings. The van der Waals surface area contributed by atoms with Crippen LogP contribution in [0.25, 0.3) is 0 Å². The Morgan fingerprint density at radius 3 is 2.44 bits per heavy atom. The van der Waals surface area contributed by atoms with Gasteiger partial charge in [-0.15, -0.1) is 0 Å². The predicted octanol–water partition coefficient (Wildman–Crippen LogP) is 2.70. The summed E-state index contributed by atoms with van der Waals surface area (Å²) in [6, 6.07) is 7.40. The van der Waals surface area contributed by atoms with E-state index in [1.54, 1.807) is 16.4 Å². The van der Waals surface area contributed by atoms with Gasteiger partial charge in [0.15, 0.2) is 0 Å². The molecule has 1 saturated carbocycles. The van der Waals surface area contributed by atoms with Crippen molar-refractivity contribution in [2.45, 2.75) is 56.0 Å². The molecule has 0 N–H and O–H groups in total. The number of hydrogen-bond acceptors (Lipinski definition) is 2. The van der Waals surface area contributed by atoms with E-state index in [9.17, 15) is 8.42 Å². The fourth-order valence-electron chi connectivity index (χ4n) is 3.26. The minimum atomic E-state index is -3.29. The fourth-order valence-corrected chi connectivity index (χ4v) is 5.35. The predicted molar refractivity (Wildman–Crippen MR) is 70.9 cm³/mol. The molecule has 0 radical (unpaired) electrons. The zero-order valence-electron chi connectivity index (χ0n) is 10.9. The van der Waals surface area contributed by atoms with Crippen LogP contribution >= 0.6 is 0 Å². The molecule has 0 aromatic heterocycles. The average molecular weight is 265 g/mol. The van der Waals surface area contributed by atoms with Crippen molar-refractivity contribution >= 4 is 10.0 Å². The van der Waals surface area contributed by atoms with Gasteiger partial charge in [0.25, 0.3) is 0 Å². The summed E-state index contributed by atoms with van der Waals surface area (Å²) in [5.74, 6) is 0. The minimum absolute atomic E-state index is 0.109. The molecule has 1 aliphatic heterocycles. The summed E-state index contributed by atoms with van der Waals surface area (Å²) in [5.41, 5.74) is 0.977. The topological polar surface area (TPSA) is 37.1 Å². The molecule has 3 atom stereocenters. The highest BCUT2D eigenvalue weighted by Gasteiger charge is 2.65. The highest BCUT2D eigenvalue weighted by Crippen LogP contribution is 2.53. The van der Waals surface area contributed by atoms with E-state index in [1.165, 1.54) is 0 Å². The third kappa shape index (κ3) is 1.62. The van der Waals surface area contributed by atoms with Crippen molar-refractivity contribution in [3.8, 4) is 0 Å². The molecule has 2 fully saturated rings. The number of fused-ring (bicyclic) bond motifs is 1. The van der Waals surface area contributed by atoms with E-state index in [2.05, 4.69) is 6.92 Å². The molecule has 3 rings (SSSR count). The van der Waals surface area contributed by atoms with Gasteiger partial charge in [-0.05, 0) is 38.8 Å². The van der Waals surface area contributed by atoms with Crippen LogP contribution < -0.4 is 0 Å². The molecular weight excluding hydrogens is 246 g/mol. The molecule has 18 heavy (non-hydrogen) atoms. The van der Waals surface area contributed by atoms with Crippen LogP contribution in [0.4, 0.5) is 0 Å². The smallest absolute Gasteiger partial charge is 0.207 e. The van der Waals surface area contributed by atoms with E-state index in [0.717, 1.165) is 31.2 Å². The molecule has 98 valence electrons. The van der Waals surface area contributed by atoms with Crippen molar-refractivity contribution in [1.82, 2.24) is 4.31 Å². The third-order valence-corrected chi connectivity index (χ3v) is 6.48. The first-order chi connectivity index (χ1) is 8.46. The van der Waals surface area contributed by atoms with Crippen molar-refractivity contribution in [3.63, 3.8) is 0 Å². The van der Waals surface area contributed by atoms with Crippen molar-refractivity contribution in [2.75, 3.05) is 0 Å². The molecule has 0 bridgehead atoms. The second-order valence-electron chi connectivity index (χ2n) is 5.73. The van der Waals surface area contributed by atoms with E-state index in [-0.39, 0.29) is 11.6 Å². The first-order valence-corrected chi connectivity index (χ1v) is 8.01. The van der Waals surface area contributed by atoms with Crippen LogP contribution in [0.1, 0.15) is 38.2 Å². The van der Waals surface area contributed by atoms with Gasteiger partial charge in [-0.2, -0.15) is 4.31 Å². The maximum Gasteiger partial charge on any atom is 0.243 e. The molecule has 1 aromatic carbocycles. The summed E-state index contributed by atoms with van der Waals surface area (Å²) in [6.07, 6.45) is 4.32. The summed E-state index contributed by atoms with van der Waals surface area (Å²) < 4.78 is 26.9. The summed E-state index contributed by atoms with van der Waals surface area (Å²) in [7, 11) is -3.29. The first-order valence-electron chi connectivity index (χ1n) is 6.57. The van der Waals surface area contributed by atoms with Gasteiger partial charge in [-0.25, -0.2) is 8.42 Å². The quantitative estimate of drug-likeness (QED) is 0.771. The van der Waals surface area contributed by atoms with Gasteiger partial charge in [-0.3, -0.25) is 0 Å². The Labute approximate surface area is 109 Å². The van der Waals surface area contributed by atoms with Crippen molar-refractivity contribution in [3.05, 3.63) is 29.8 Å². The van der Waals surface area contributed by atoms with Crippen LogP contribution in [0.2, 0.25) is 0 Å². The number of benzene rings is 1. The molecule has 1 aliphatic carbocycles. The summed E-state index contributed by atoms with van der Waals surface area (Å²) >= 11 is 0. The Morgan fingerprint density at radius 1 is 1.22 bits per heavy atom. The maximum atomic E-state index is 12.6. The van der Waals surface area contributed by atoms with Crippen LogP contribution in [0, 0.1) is 6.92 Å². The van der Waals surface area contributed by atoms with Crippen LogP contribution in [0.15, 0.2) is 29.2 Å². The van der Waals surface area contributed by atoms with E-state index in [1.807, 2.05) is 19.1 Å². The molecule has 2 aliphatic rings. The largest absolute Gasteiger partial charge is 0.243 e. The molecule has 4 heteroatoms. The molecule has 1 unspecified atom stereocenters. The lowest BCUT2D eigenvalue weighted by Crippen LogP contribution is -2.21. The number of hydrogen-bond donors (Lipinski definition) is 0. The lowest BCUT2D eigenvalue weighted by atomic mass is 9.91. The highest BCUT2D eigenvalue weighted by atomic mass is 32.2. The second-order valence-corrected chi connectivity index (χ2v) is 7.55. The van der Waals surface area contributed by atoms with E-state index in [4.69, 9.17) is 0 Å². The summed E-state index contributed by atoms with van der Waals surface area (Å²) in [6.45, 7) is 4.05. The van der Waals surface area contributed by atoms with Gasteiger partial charge >= 0.3 is 0 Å². The molecule has 0 spiro atoms. The zero-order valence-corrected chi connectivity index (χ0v) is 11.7. The first kappa shape index (κ1) is 12.2. The molecular formula is C14H19NO2S. The van der Waals surface area contributed by atoms with Crippen molar-refractivity contribution < 1.29 is 8.42 Å². The SMILES string of the molecule is Cc1ccc(S(=O)(=O)N2[C@H]3CCCC[C@]32C)cc1. The monoisotopic (exact) mass is 265 g/mol. The average Bonchev–Trinajstić information content (AvgIpc) is 2.96. The lowest BCUT2D eigenvalue weighted by Gasteiger charge is -2.14. The number of rotatable bonds is 2. The van der Waals surface area contributed by atoms with Crippen molar-refractivity contribution in [2.24, 2.45) is 0 Å². The Balaban J connectivity index is 1.95. The maximum absolute atomic E-state index is 12.6. The Kier molecular flexibility index (Phi) is 2.58. The summed E-state index contributed by atoms with van der Waals surface area (Å²) in [5, 5.41) is 0. The van der Waals surface area contributed by atoms with Crippen LogP contribution in [-0.4, -0.2) is 24.3 Å². The van der Waals surface area contributed by atoms with E-state index in [0.29, 0.717) is 4.90 Å². The van der Waals surface area contributed by atoms with Gasteiger partial charge < -0.3 is 0 Å². The van der Waals surface area contributed by atoms with Gasteiger partial charge in [0.05, 0.1) is 10.4 Å². The van der Waals surface area contributed by atoms with Gasteiger partial charge in [0.1, 0.15) is 0 Å². The van der Waals surface area contributed by atoms with E-state index >= 15 is 0 Å². The molecule has 0 amide bonds. The normalized spacial score (nSPS) is 35.0. The van der Waals surface area contributed by atoms with E-state index < -0.39 is 10.0 Å². The lowest BCUT2D eigenvalue weighted by molar-refractivity contribution is 0.461. The number of sulfonamides is 1. The number of nitrogens with zero attached hydrogens (tertiary/aromatic N) is 1. The molecule has 1 heterocycles. The zero-order chi connectivity index (χ0) is 13.0. The summed E-state index contributed by atoms with van der Waals surface area (Å²) in [4.78, 5) is 0.434. The third-order valence-electron chi connectivity index (χ3n) is 4.42. The van der Waals surface area contributed by atoms with Crippen molar-refractivity contribution in [1.29, 1.82) is 0 Å². The Hall–Kier alpha value is -0.870. The van der Waals surface area contributed by atoms with Crippen LogP contribution in [0.5, 0.6) is 0 Å². The van der Waals surface area contributed by atoms with Crippen LogP contribution in [-0.2, 0) is 10.0 Å². The van der Waals surface area contributed by atoms with Crippen LogP contribution in [0.3, 0.4) is 0 Å². The highest BCUT2D eigenvalue weighted by molar-refractivity contribution is 7.89. The second kappa shape index (κ2) is 3.81. The Bertz CT molecular complexity index is 564. The standard InChI is InChI=1S/C14H19NO2S/c1-11-6-8-12(9-7-11)18(16,17)15-13-5-3-4-10-14(13,15)2/h6-9,13H,3-5,10H2,1-2H3/t13-,14+,15?/m0/s1. The minimum Gasteiger partial charge on any atom is -0.207 e. The Morgan fingerprint density at radius 2 is 1.89 bits per heavy atom.